The van der Waals surface area contributed by atoms with E-state index in [1.165, 1.54) is 18.9 Å². The summed E-state index contributed by atoms with van der Waals surface area (Å²) in [7, 11) is 0. The molecule has 2 aliphatic rings. The zero-order valence-electron chi connectivity index (χ0n) is 4.81. The van der Waals surface area contributed by atoms with Gasteiger partial charge in [-0.2, -0.15) is 0 Å². The van der Waals surface area contributed by atoms with Crippen LogP contribution in [0.5, 0.6) is 0 Å². The van der Waals surface area contributed by atoms with Crippen LogP contribution in [-0.4, -0.2) is 19.3 Å². The van der Waals surface area contributed by atoms with Crippen molar-refractivity contribution in [3.8, 4) is 0 Å². The molecule has 0 saturated carbocycles. The third-order valence-corrected chi connectivity index (χ3v) is 1.81. The minimum atomic E-state index is 0.561. The number of hydrogen-bond donors (Lipinski definition) is 1. The molecule has 0 aliphatic carbocycles. The fraction of sp³-hybridized carbons (Fsp3) is 0.833. The van der Waals surface area contributed by atoms with Crippen LogP contribution < -0.4 is 5.32 Å². The lowest BCUT2D eigenvalue weighted by molar-refractivity contribution is 0.111. The van der Waals surface area contributed by atoms with Crippen LogP contribution in [0.15, 0.2) is 0 Å². The van der Waals surface area contributed by atoms with Gasteiger partial charge in [0.15, 0.2) is 0 Å². The van der Waals surface area contributed by atoms with E-state index in [1.807, 2.05) is 0 Å². The molecule has 2 heterocycles. The Hall–Kier alpha value is -0.0800. The molecule has 1 radical (unpaired) electrons. The van der Waals surface area contributed by atoms with Crippen LogP contribution in [0.1, 0.15) is 12.8 Å². The maximum atomic E-state index is 5.38. The second-order valence-electron chi connectivity index (χ2n) is 2.46. The molecule has 0 amide bonds. The van der Waals surface area contributed by atoms with Crippen molar-refractivity contribution < 1.29 is 4.74 Å². The number of hydrogen-bond acceptors (Lipinski definition) is 2. The summed E-state index contributed by atoms with van der Waals surface area (Å²) in [5, 5.41) is 3.30. The van der Waals surface area contributed by atoms with Gasteiger partial charge in [0.05, 0.1) is 18.8 Å². The summed E-state index contributed by atoms with van der Waals surface area (Å²) in [6.45, 7) is 1.99. The second kappa shape index (κ2) is 1.71. The first-order chi connectivity index (χ1) is 3.95. The van der Waals surface area contributed by atoms with Crippen LogP contribution in [0.4, 0.5) is 0 Å². The molecule has 1 unspecified atom stereocenters. The van der Waals surface area contributed by atoms with Gasteiger partial charge in [0.2, 0.25) is 0 Å². The van der Waals surface area contributed by atoms with E-state index in [9.17, 15) is 0 Å². The monoisotopic (exact) mass is 112 g/mol. The Balaban J connectivity index is 2.03. The Bertz CT molecular complexity index is 80.5. The van der Waals surface area contributed by atoms with E-state index in [1.54, 1.807) is 0 Å². The highest BCUT2D eigenvalue weighted by Gasteiger charge is 2.29. The lowest BCUT2D eigenvalue weighted by Crippen LogP contribution is -2.28. The quantitative estimate of drug-likeness (QED) is 0.486. The Labute approximate surface area is 49.2 Å². The van der Waals surface area contributed by atoms with Crippen molar-refractivity contribution in [2.45, 2.75) is 18.9 Å². The molecule has 2 aliphatic heterocycles. The van der Waals surface area contributed by atoms with Gasteiger partial charge in [-0.1, -0.05) is 0 Å². The predicted octanol–water partition coefficient (Wildman–Crippen LogP) is 0.301. The molecular weight excluding hydrogens is 102 g/mol. The van der Waals surface area contributed by atoms with Crippen molar-refractivity contribution >= 4 is 0 Å². The fourth-order valence-corrected chi connectivity index (χ4v) is 1.33. The Morgan fingerprint density at radius 1 is 1.62 bits per heavy atom. The second-order valence-corrected chi connectivity index (χ2v) is 2.46. The molecule has 0 aromatic rings. The summed E-state index contributed by atoms with van der Waals surface area (Å²) in [5.74, 6) is 0. The zero-order valence-corrected chi connectivity index (χ0v) is 4.81. The van der Waals surface area contributed by atoms with Gasteiger partial charge in [0.1, 0.15) is 0 Å². The zero-order chi connectivity index (χ0) is 5.40. The van der Waals surface area contributed by atoms with Crippen molar-refractivity contribution in [1.82, 2.24) is 5.32 Å². The molecule has 2 heteroatoms. The predicted molar refractivity (Wildman–Crippen MR) is 30.2 cm³/mol. The van der Waals surface area contributed by atoms with Gasteiger partial charge in [-0.05, 0) is 19.4 Å². The van der Waals surface area contributed by atoms with Crippen LogP contribution in [-0.2, 0) is 4.74 Å². The summed E-state index contributed by atoms with van der Waals surface area (Å²) in [6, 6.07) is 1.40. The highest BCUT2D eigenvalue weighted by molar-refractivity contribution is 4.98. The average molecular weight is 112 g/mol. The summed E-state index contributed by atoms with van der Waals surface area (Å²) >= 11 is 0. The normalized spacial score (nSPS) is 38.2. The molecule has 2 bridgehead atoms. The maximum Gasteiger partial charge on any atom is 0.0672 e. The van der Waals surface area contributed by atoms with Gasteiger partial charge < -0.3 is 10.1 Å². The van der Waals surface area contributed by atoms with E-state index in [2.05, 4.69) is 5.32 Å². The molecule has 0 spiro atoms. The van der Waals surface area contributed by atoms with Gasteiger partial charge in [-0.25, -0.2) is 0 Å². The molecule has 2 fully saturated rings. The molecular formula is C6H10NO. The Kier molecular flexibility index (Phi) is 1.02. The van der Waals surface area contributed by atoms with Crippen molar-refractivity contribution in [2.75, 3.05) is 13.2 Å². The van der Waals surface area contributed by atoms with Gasteiger partial charge in [0.25, 0.3) is 0 Å². The van der Waals surface area contributed by atoms with Crippen molar-refractivity contribution in [3.63, 3.8) is 0 Å². The minimum Gasteiger partial charge on any atom is -0.376 e. The summed E-state index contributed by atoms with van der Waals surface area (Å²) in [6.07, 6.45) is 2.93. The van der Waals surface area contributed by atoms with Gasteiger partial charge in [-0.3, -0.25) is 0 Å². The molecule has 0 aromatic heterocycles. The molecule has 1 N–H and O–H groups in total. The van der Waals surface area contributed by atoms with E-state index in [-0.39, 0.29) is 0 Å². The number of piperidine rings is 1. The minimum absolute atomic E-state index is 0.561. The average Bonchev–Trinajstić information content (AvgIpc) is 2.12. The topological polar surface area (TPSA) is 21.3 Å². The lowest BCUT2D eigenvalue weighted by Gasteiger charge is -2.15. The van der Waals surface area contributed by atoms with Gasteiger partial charge in [-0.15, -0.1) is 0 Å². The van der Waals surface area contributed by atoms with E-state index in [0.717, 1.165) is 13.2 Å². The molecule has 2 saturated heterocycles. The van der Waals surface area contributed by atoms with E-state index in [4.69, 9.17) is 4.74 Å². The lowest BCUT2D eigenvalue weighted by atomic mass is 10.1. The van der Waals surface area contributed by atoms with E-state index >= 15 is 0 Å². The van der Waals surface area contributed by atoms with Crippen molar-refractivity contribution in [3.05, 3.63) is 6.04 Å². The Morgan fingerprint density at radius 3 is 3.38 bits per heavy atom. The summed E-state index contributed by atoms with van der Waals surface area (Å²) in [4.78, 5) is 0. The third-order valence-electron chi connectivity index (χ3n) is 1.81. The fourth-order valence-electron chi connectivity index (χ4n) is 1.33. The van der Waals surface area contributed by atoms with Gasteiger partial charge in [0, 0.05) is 0 Å². The van der Waals surface area contributed by atoms with Gasteiger partial charge >= 0.3 is 0 Å². The number of rotatable bonds is 0. The molecule has 0 aromatic carbocycles. The van der Waals surface area contributed by atoms with E-state index in [0.29, 0.717) is 6.10 Å². The molecule has 45 valence electrons. The first kappa shape index (κ1) is 4.77. The van der Waals surface area contributed by atoms with Crippen LogP contribution >= 0.6 is 0 Å². The molecule has 2 nitrogen and oxygen atoms in total. The molecule has 1 atom stereocenters. The van der Waals surface area contributed by atoms with Crippen LogP contribution in [0, 0.1) is 6.04 Å². The van der Waals surface area contributed by atoms with Crippen LogP contribution in [0.25, 0.3) is 0 Å². The Morgan fingerprint density at radius 2 is 2.62 bits per heavy atom. The van der Waals surface area contributed by atoms with Crippen molar-refractivity contribution in [2.24, 2.45) is 0 Å². The first-order valence-electron chi connectivity index (χ1n) is 3.15. The highest BCUT2D eigenvalue weighted by Crippen LogP contribution is 2.24. The maximum absolute atomic E-state index is 5.38. The smallest absolute Gasteiger partial charge is 0.0672 e. The third kappa shape index (κ3) is 0.644. The standard InChI is InChI=1S/C6H10NO/c1-2-7-5-3-6(1)8-4-5/h6-7H,1-4H2. The summed E-state index contributed by atoms with van der Waals surface area (Å²) in [5.41, 5.74) is 0. The number of ether oxygens (including phenoxy) is 1. The van der Waals surface area contributed by atoms with Crippen LogP contribution in [0.3, 0.4) is 0 Å². The SMILES string of the molecule is C1CC2C[C](CO2)N1. The van der Waals surface area contributed by atoms with Crippen LogP contribution in [0.2, 0.25) is 0 Å². The van der Waals surface area contributed by atoms with Crippen molar-refractivity contribution in [1.29, 1.82) is 0 Å². The first-order valence-corrected chi connectivity index (χ1v) is 3.15. The highest BCUT2D eigenvalue weighted by atomic mass is 16.5. The largest absolute Gasteiger partial charge is 0.376 e. The van der Waals surface area contributed by atoms with E-state index < -0.39 is 0 Å². The molecule has 8 heavy (non-hydrogen) atoms. The summed E-state index contributed by atoms with van der Waals surface area (Å²) < 4.78 is 5.38. The number of fused-ring (bicyclic) bond motifs is 2. The number of nitrogens with one attached hydrogen (secondary N) is 1. The molecule has 2 rings (SSSR count).